The van der Waals surface area contributed by atoms with Gasteiger partial charge in [-0.25, -0.2) is 4.98 Å². The van der Waals surface area contributed by atoms with Crippen LogP contribution in [-0.4, -0.2) is 56.1 Å². The van der Waals surface area contributed by atoms with Crippen LogP contribution in [0.4, 0.5) is 5.95 Å². The van der Waals surface area contributed by atoms with Crippen LogP contribution in [-0.2, 0) is 9.47 Å². The number of hydrogen-bond acceptors (Lipinski definition) is 8. The Morgan fingerprint density at radius 3 is 2.84 bits per heavy atom. The molecule has 0 bridgehead atoms. The molecule has 3 rings (SSSR count). The molecule has 2 aromatic heterocycles. The van der Waals surface area contributed by atoms with Crippen molar-refractivity contribution in [1.82, 2.24) is 19.5 Å². The molecule has 0 radical (unpaired) electrons. The van der Waals surface area contributed by atoms with Crippen molar-refractivity contribution in [3.63, 3.8) is 0 Å². The third-order valence-corrected chi connectivity index (χ3v) is 5.42. The Balaban J connectivity index is 1.66. The maximum absolute atomic E-state index is 12.0. The zero-order valence-corrected chi connectivity index (χ0v) is 17.7. The number of hydrogen-bond donors (Lipinski definition) is 3. The molecule has 2 aromatic rings. The number of nitrogen functional groups attached to an aromatic ring is 1. The summed E-state index contributed by atoms with van der Waals surface area (Å²) in [6.45, 7) is 2.67. The summed E-state index contributed by atoms with van der Waals surface area (Å²) in [5.74, 6) is -0.0656. The third-order valence-electron chi connectivity index (χ3n) is 5.42. The molecule has 0 saturated carbocycles. The van der Waals surface area contributed by atoms with Crippen LogP contribution in [0, 0.1) is 0 Å². The lowest BCUT2D eigenvalue weighted by atomic mass is 10.1. The minimum atomic E-state index is -1.07. The summed E-state index contributed by atoms with van der Waals surface area (Å²) in [5.41, 5.74) is 14.1. The largest absolute Gasteiger partial charge is 0.386 e. The van der Waals surface area contributed by atoms with Crippen molar-refractivity contribution >= 4 is 17.1 Å². The molecule has 0 aliphatic carbocycles. The maximum Gasteiger partial charge on any atom is 0.280 e. The lowest BCUT2D eigenvalue weighted by Gasteiger charge is -2.20. The molecule has 4 atom stereocenters. The van der Waals surface area contributed by atoms with E-state index in [0.29, 0.717) is 6.61 Å². The van der Waals surface area contributed by atoms with Gasteiger partial charge >= 0.3 is 0 Å². The molecule has 1 unspecified atom stereocenters. The molecule has 1 aliphatic heterocycles. The molecule has 12 nitrogen and oxygen atoms in total. The van der Waals surface area contributed by atoms with E-state index in [2.05, 4.69) is 31.9 Å². The summed E-state index contributed by atoms with van der Waals surface area (Å²) < 4.78 is 13.3. The second kappa shape index (κ2) is 11.1. The van der Waals surface area contributed by atoms with Gasteiger partial charge in [0.25, 0.3) is 5.56 Å². The molecule has 1 saturated heterocycles. The van der Waals surface area contributed by atoms with Crippen LogP contribution in [0.5, 0.6) is 0 Å². The fraction of sp³-hybridized carbons (Fsp3) is 0.737. The van der Waals surface area contributed by atoms with Crippen LogP contribution in [0.3, 0.4) is 0 Å². The highest BCUT2D eigenvalue weighted by Gasteiger charge is 2.45. The van der Waals surface area contributed by atoms with Gasteiger partial charge in [0, 0.05) is 11.5 Å². The molecule has 0 aromatic carbocycles. The van der Waals surface area contributed by atoms with E-state index < -0.39 is 30.1 Å². The number of nitrogens with one attached hydrogen (secondary N) is 1. The average Bonchev–Trinajstić information content (AvgIpc) is 3.29. The fourth-order valence-corrected chi connectivity index (χ4v) is 3.83. The smallest absolute Gasteiger partial charge is 0.280 e. The topological polar surface area (TPSA) is 177 Å². The van der Waals surface area contributed by atoms with Gasteiger partial charge in [0.2, 0.25) is 5.95 Å². The van der Waals surface area contributed by atoms with Gasteiger partial charge in [0.05, 0.1) is 19.0 Å². The number of H-pyrrole nitrogens is 1. The molecule has 4 N–H and O–H groups in total. The van der Waals surface area contributed by atoms with Crippen molar-refractivity contribution in [2.75, 3.05) is 18.9 Å². The number of anilines is 1. The average molecular weight is 435 g/mol. The standard InChI is InChI=1S/C19H30N8O4/c1-2-3-4-5-6-7-8-9-30-15-12(10-23-26-21)31-18(14(15)28)27-11-22-13-16(27)24-19(20)25-17(13)29/h11-12,14-15,18,28H,2-10H2,1H3,(H3,20,24,25,29)/t12-,14+,15?,18-/m1/s1. The zero-order valence-electron chi connectivity index (χ0n) is 17.7. The van der Waals surface area contributed by atoms with Gasteiger partial charge in [-0.05, 0) is 12.0 Å². The summed E-state index contributed by atoms with van der Waals surface area (Å²) in [7, 11) is 0. The summed E-state index contributed by atoms with van der Waals surface area (Å²) in [5, 5.41) is 14.5. The predicted molar refractivity (Wildman–Crippen MR) is 114 cm³/mol. The van der Waals surface area contributed by atoms with E-state index in [-0.39, 0.29) is 23.7 Å². The number of azide groups is 1. The van der Waals surface area contributed by atoms with E-state index in [0.717, 1.165) is 19.3 Å². The van der Waals surface area contributed by atoms with Crippen molar-refractivity contribution < 1.29 is 14.6 Å². The monoisotopic (exact) mass is 434 g/mol. The number of ether oxygens (including phenoxy) is 2. The van der Waals surface area contributed by atoms with Crippen LogP contribution < -0.4 is 11.3 Å². The Hall–Kier alpha value is -2.66. The number of rotatable bonds is 12. The molecule has 1 aliphatic rings. The van der Waals surface area contributed by atoms with Crippen LogP contribution in [0.1, 0.15) is 58.1 Å². The summed E-state index contributed by atoms with van der Waals surface area (Å²) in [6.07, 6.45) is 6.09. The van der Waals surface area contributed by atoms with E-state index in [4.69, 9.17) is 20.7 Å². The first-order chi connectivity index (χ1) is 15.1. The molecule has 170 valence electrons. The minimum absolute atomic E-state index is 0.00846. The van der Waals surface area contributed by atoms with Gasteiger partial charge < -0.3 is 20.3 Å². The lowest BCUT2D eigenvalue weighted by Crippen LogP contribution is -2.36. The quantitative estimate of drug-likeness (QED) is 0.199. The molecular weight excluding hydrogens is 404 g/mol. The van der Waals surface area contributed by atoms with Gasteiger partial charge in [0.15, 0.2) is 17.4 Å². The first kappa shape index (κ1) is 23.0. The van der Waals surface area contributed by atoms with Crippen LogP contribution in [0.25, 0.3) is 21.6 Å². The first-order valence-corrected chi connectivity index (χ1v) is 10.7. The van der Waals surface area contributed by atoms with E-state index in [1.54, 1.807) is 0 Å². The van der Waals surface area contributed by atoms with Crippen LogP contribution >= 0.6 is 0 Å². The van der Waals surface area contributed by atoms with Crippen molar-refractivity contribution in [1.29, 1.82) is 0 Å². The highest BCUT2D eigenvalue weighted by molar-refractivity contribution is 5.70. The number of nitrogens with two attached hydrogens (primary N) is 1. The zero-order chi connectivity index (χ0) is 22.2. The van der Waals surface area contributed by atoms with Crippen molar-refractivity contribution in [3.05, 3.63) is 27.1 Å². The summed E-state index contributed by atoms with van der Waals surface area (Å²) in [4.78, 5) is 25.4. The predicted octanol–water partition coefficient (Wildman–Crippen LogP) is 2.41. The van der Waals surface area contributed by atoms with Gasteiger partial charge in [0.1, 0.15) is 12.2 Å². The normalized spacial score (nSPS) is 23.3. The number of nitrogens with zero attached hydrogens (tertiary/aromatic N) is 6. The number of aliphatic hydroxyl groups excluding tert-OH is 1. The second-order valence-corrected chi connectivity index (χ2v) is 7.70. The van der Waals surface area contributed by atoms with Gasteiger partial charge in [-0.2, -0.15) is 4.98 Å². The number of imidazole rings is 1. The SMILES string of the molecule is CCCCCCCCCOC1[C@@H](CN=[N+]=[N-])O[C@@H](n2cnc3c(=O)[nH]c(N)nc32)[C@H]1O. The fourth-order valence-electron chi connectivity index (χ4n) is 3.83. The van der Waals surface area contributed by atoms with Gasteiger partial charge in [-0.3, -0.25) is 14.3 Å². The lowest BCUT2D eigenvalue weighted by molar-refractivity contribution is -0.0363. The molecule has 0 spiro atoms. The maximum atomic E-state index is 12.0. The van der Waals surface area contributed by atoms with Gasteiger partial charge in [-0.1, -0.05) is 50.6 Å². The van der Waals surface area contributed by atoms with Gasteiger partial charge in [-0.15, -0.1) is 0 Å². The Bertz CT molecular complexity index is 954. The molecule has 12 heteroatoms. The first-order valence-electron chi connectivity index (χ1n) is 10.7. The third kappa shape index (κ3) is 5.53. The summed E-state index contributed by atoms with van der Waals surface area (Å²) in [6, 6.07) is 0. The highest BCUT2D eigenvalue weighted by Crippen LogP contribution is 2.33. The number of unbranched alkanes of at least 4 members (excludes halogenated alkanes) is 6. The van der Waals surface area contributed by atoms with E-state index in [1.165, 1.54) is 36.6 Å². The number of aromatic amines is 1. The van der Waals surface area contributed by atoms with Crippen LogP contribution in [0.15, 0.2) is 16.2 Å². The molecule has 3 heterocycles. The molecular formula is C19H30N8O4. The Kier molecular flexibility index (Phi) is 8.24. The van der Waals surface area contributed by atoms with Crippen molar-refractivity contribution in [2.24, 2.45) is 5.11 Å². The van der Waals surface area contributed by atoms with Crippen LogP contribution in [0.2, 0.25) is 0 Å². The Labute approximate surface area is 179 Å². The van der Waals surface area contributed by atoms with Crippen molar-refractivity contribution in [2.45, 2.75) is 76.4 Å². The van der Waals surface area contributed by atoms with E-state index in [9.17, 15) is 9.90 Å². The Morgan fingerprint density at radius 2 is 2.10 bits per heavy atom. The minimum Gasteiger partial charge on any atom is -0.386 e. The number of aromatic nitrogens is 4. The molecule has 31 heavy (non-hydrogen) atoms. The van der Waals surface area contributed by atoms with Crippen molar-refractivity contribution in [3.8, 4) is 0 Å². The summed E-state index contributed by atoms with van der Waals surface area (Å²) >= 11 is 0. The second-order valence-electron chi connectivity index (χ2n) is 7.70. The molecule has 1 fully saturated rings. The number of fused-ring (bicyclic) bond motifs is 1. The molecule has 0 amide bonds. The highest BCUT2D eigenvalue weighted by atomic mass is 16.6. The van der Waals surface area contributed by atoms with E-state index >= 15 is 0 Å². The van der Waals surface area contributed by atoms with E-state index in [1.807, 2.05) is 0 Å². The Morgan fingerprint density at radius 1 is 1.35 bits per heavy atom. The number of aliphatic hydroxyl groups is 1.